The van der Waals surface area contributed by atoms with E-state index in [0.717, 1.165) is 36.4 Å². The van der Waals surface area contributed by atoms with Crippen LogP contribution < -0.4 is 10.6 Å². The molecular formula is C16H20N4O2S. The summed E-state index contributed by atoms with van der Waals surface area (Å²) in [6, 6.07) is 3.74. The number of amides is 2. The van der Waals surface area contributed by atoms with E-state index in [-0.39, 0.29) is 17.7 Å². The Morgan fingerprint density at radius 1 is 1.43 bits per heavy atom. The molecule has 0 spiro atoms. The molecule has 0 aliphatic heterocycles. The SMILES string of the molecule is Cc1cc(NC(=O)C2CC2)sc1C(=O)NCCCn1cccn1. The van der Waals surface area contributed by atoms with Crippen LogP contribution in [0, 0.1) is 12.8 Å². The van der Waals surface area contributed by atoms with Crippen LogP contribution in [0.15, 0.2) is 24.5 Å². The second kappa shape index (κ2) is 6.95. The van der Waals surface area contributed by atoms with Gasteiger partial charge in [-0.2, -0.15) is 5.10 Å². The molecule has 2 amide bonds. The Morgan fingerprint density at radius 3 is 2.96 bits per heavy atom. The average molecular weight is 332 g/mol. The third-order valence-corrected chi connectivity index (χ3v) is 4.88. The fourth-order valence-corrected chi connectivity index (χ4v) is 3.29. The number of carbonyl (C=O) groups excluding carboxylic acids is 2. The highest BCUT2D eigenvalue weighted by Crippen LogP contribution is 2.32. The van der Waals surface area contributed by atoms with Gasteiger partial charge in [-0.25, -0.2) is 0 Å². The maximum absolute atomic E-state index is 12.2. The van der Waals surface area contributed by atoms with E-state index in [9.17, 15) is 9.59 Å². The van der Waals surface area contributed by atoms with Crippen molar-refractivity contribution < 1.29 is 9.59 Å². The van der Waals surface area contributed by atoms with Gasteiger partial charge in [-0.3, -0.25) is 14.3 Å². The molecule has 0 aromatic carbocycles. The van der Waals surface area contributed by atoms with E-state index in [2.05, 4.69) is 15.7 Å². The van der Waals surface area contributed by atoms with Crippen LogP contribution in [0.25, 0.3) is 0 Å². The maximum Gasteiger partial charge on any atom is 0.261 e. The Labute approximate surface area is 138 Å². The van der Waals surface area contributed by atoms with Crippen molar-refractivity contribution in [3.63, 3.8) is 0 Å². The molecule has 2 heterocycles. The summed E-state index contributed by atoms with van der Waals surface area (Å²) in [6.45, 7) is 3.27. The molecule has 0 unspecified atom stereocenters. The number of carbonyl (C=O) groups is 2. The van der Waals surface area contributed by atoms with Crippen LogP contribution in [-0.4, -0.2) is 28.1 Å². The molecule has 23 heavy (non-hydrogen) atoms. The Bertz CT molecular complexity index is 689. The number of hydrogen-bond donors (Lipinski definition) is 2. The molecule has 1 fully saturated rings. The number of thiophene rings is 1. The summed E-state index contributed by atoms with van der Waals surface area (Å²) in [5.41, 5.74) is 0.894. The molecule has 1 saturated carbocycles. The van der Waals surface area contributed by atoms with Crippen molar-refractivity contribution in [2.24, 2.45) is 5.92 Å². The predicted molar refractivity (Wildman–Crippen MR) is 89.6 cm³/mol. The summed E-state index contributed by atoms with van der Waals surface area (Å²) in [5.74, 6) is 0.147. The van der Waals surface area contributed by atoms with Gasteiger partial charge in [0, 0.05) is 31.4 Å². The normalized spacial score (nSPS) is 13.8. The Kier molecular flexibility index (Phi) is 4.76. The van der Waals surface area contributed by atoms with Gasteiger partial charge in [0.2, 0.25) is 5.91 Å². The van der Waals surface area contributed by atoms with Gasteiger partial charge in [0.1, 0.15) is 0 Å². The largest absolute Gasteiger partial charge is 0.351 e. The van der Waals surface area contributed by atoms with Crippen molar-refractivity contribution in [2.45, 2.75) is 32.7 Å². The van der Waals surface area contributed by atoms with Crippen molar-refractivity contribution in [3.05, 3.63) is 35.0 Å². The van der Waals surface area contributed by atoms with E-state index >= 15 is 0 Å². The lowest BCUT2D eigenvalue weighted by Gasteiger charge is -2.05. The van der Waals surface area contributed by atoms with Gasteiger partial charge in [-0.05, 0) is 43.9 Å². The number of aryl methyl sites for hydroxylation is 2. The molecule has 2 aromatic heterocycles. The summed E-state index contributed by atoms with van der Waals surface area (Å²) in [4.78, 5) is 24.7. The minimum Gasteiger partial charge on any atom is -0.351 e. The summed E-state index contributed by atoms with van der Waals surface area (Å²) >= 11 is 1.34. The number of anilines is 1. The van der Waals surface area contributed by atoms with Crippen LogP contribution in [-0.2, 0) is 11.3 Å². The molecule has 6 nitrogen and oxygen atoms in total. The molecular weight excluding hydrogens is 312 g/mol. The number of nitrogens with one attached hydrogen (secondary N) is 2. The van der Waals surface area contributed by atoms with E-state index in [1.54, 1.807) is 6.20 Å². The van der Waals surface area contributed by atoms with Crippen molar-refractivity contribution in [1.29, 1.82) is 0 Å². The third-order valence-electron chi connectivity index (χ3n) is 3.73. The van der Waals surface area contributed by atoms with Gasteiger partial charge in [-0.15, -0.1) is 11.3 Å². The van der Waals surface area contributed by atoms with E-state index in [0.29, 0.717) is 11.4 Å². The smallest absolute Gasteiger partial charge is 0.261 e. The van der Waals surface area contributed by atoms with Gasteiger partial charge in [0.25, 0.3) is 5.91 Å². The quantitative estimate of drug-likeness (QED) is 0.765. The van der Waals surface area contributed by atoms with Crippen molar-refractivity contribution in [1.82, 2.24) is 15.1 Å². The first-order chi connectivity index (χ1) is 11.1. The van der Waals surface area contributed by atoms with Crippen LogP contribution >= 0.6 is 11.3 Å². The number of hydrogen-bond acceptors (Lipinski definition) is 4. The number of aromatic nitrogens is 2. The predicted octanol–water partition coefficient (Wildman–Crippen LogP) is 2.42. The fourth-order valence-electron chi connectivity index (χ4n) is 2.29. The zero-order valence-electron chi connectivity index (χ0n) is 13.0. The molecule has 7 heteroatoms. The molecule has 1 aliphatic carbocycles. The minimum atomic E-state index is -0.0834. The van der Waals surface area contributed by atoms with Crippen LogP contribution in [0.2, 0.25) is 0 Å². The highest BCUT2D eigenvalue weighted by Gasteiger charge is 2.30. The standard InChI is InChI=1S/C16H20N4O2S/c1-11-10-13(19-15(21)12-4-5-12)23-14(11)16(22)17-6-2-8-20-9-3-7-18-20/h3,7,9-10,12H,2,4-6,8H2,1H3,(H,17,22)(H,19,21). The monoisotopic (exact) mass is 332 g/mol. The summed E-state index contributed by atoms with van der Waals surface area (Å²) < 4.78 is 1.84. The second-order valence-corrected chi connectivity index (χ2v) is 6.82. The molecule has 0 atom stereocenters. The van der Waals surface area contributed by atoms with Crippen molar-refractivity contribution in [2.75, 3.05) is 11.9 Å². The molecule has 3 rings (SSSR count). The second-order valence-electron chi connectivity index (χ2n) is 5.76. The number of rotatable bonds is 7. The van der Waals surface area contributed by atoms with Crippen molar-refractivity contribution >= 4 is 28.2 Å². The fraction of sp³-hybridized carbons (Fsp3) is 0.438. The summed E-state index contributed by atoms with van der Waals surface area (Å²) in [5, 5.41) is 10.7. The zero-order chi connectivity index (χ0) is 16.2. The van der Waals surface area contributed by atoms with Crippen molar-refractivity contribution in [3.8, 4) is 0 Å². The van der Waals surface area contributed by atoms with E-state index in [4.69, 9.17) is 0 Å². The maximum atomic E-state index is 12.2. The first kappa shape index (κ1) is 15.7. The first-order valence-electron chi connectivity index (χ1n) is 7.80. The highest BCUT2D eigenvalue weighted by atomic mass is 32.1. The highest BCUT2D eigenvalue weighted by molar-refractivity contribution is 7.18. The molecule has 122 valence electrons. The Morgan fingerprint density at radius 2 is 2.26 bits per heavy atom. The number of nitrogens with zero attached hydrogens (tertiary/aromatic N) is 2. The van der Waals surface area contributed by atoms with Gasteiger partial charge in [0.05, 0.1) is 9.88 Å². The molecule has 2 N–H and O–H groups in total. The van der Waals surface area contributed by atoms with Gasteiger partial charge >= 0.3 is 0 Å². The molecule has 0 radical (unpaired) electrons. The lowest BCUT2D eigenvalue weighted by Crippen LogP contribution is -2.25. The zero-order valence-corrected chi connectivity index (χ0v) is 13.9. The first-order valence-corrected chi connectivity index (χ1v) is 8.62. The van der Waals surface area contributed by atoms with Crippen LogP contribution in [0.4, 0.5) is 5.00 Å². The van der Waals surface area contributed by atoms with Gasteiger partial charge < -0.3 is 10.6 Å². The average Bonchev–Trinajstić information content (AvgIpc) is 3.14. The Hall–Kier alpha value is -2.15. The van der Waals surface area contributed by atoms with E-state index in [1.165, 1.54) is 11.3 Å². The van der Waals surface area contributed by atoms with Gasteiger partial charge in [-0.1, -0.05) is 0 Å². The summed E-state index contributed by atoms with van der Waals surface area (Å²) in [6.07, 6.45) is 6.41. The van der Waals surface area contributed by atoms with Gasteiger partial charge in [0.15, 0.2) is 0 Å². The lowest BCUT2D eigenvalue weighted by molar-refractivity contribution is -0.117. The minimum absolute atomic E-state index is 0.0671. The van der Waals surface area contributed by atoms with E-state index in [1.807, 2.05) is 29.9 Å². The summed E-state index contributed by atoms with van der Waals surface area (Å²) in [7, 11) is 0. The van der Waals surface area contributed by atoms with Crippen LogP contribution in [0.5, 0.6) is 0 Å². The molecule has 0 bridgehead atoms. The Balaban J connectivity index is 1.48. The van der Waals surface area contributed by atoms with Crippen LogP contribution in [0.1, 0.15) is 34.5 Å². The van der Waals surface area contributed by atoms with Crippen LogP contribution in [0.3, 0.4) is 0 Å². The molecule has 1 aliphatic rings. The topological polar surface area (TPSA) is 76.0 Å². The molecule has 2 aromatic rings. The lowest BCUT2D eigenvalue weighted by atomic mass is 10.2. The van der Waals surface area contributed by atoms with E-state index < -0.39 is 0 Å². The third kappa shape index (κ3) is 4.19. The molecule has 0 saturated heterocycles.